The lowest BCUT2D eigenvalue weighted by molar-refractivity contribution is 0.0944. The number of nitrogens with one attached hydrogen (secondary N) is 1. The highest BCUT2D eigenvalue weighted by molar-refractivity contribution is 5.94. The normalized spacial score (nSPS) is 10.6. The van der Waals surface area contributed by atoms with Gasteiger partial charge in [0.2, 0.25) is 0 Å². The third kappa shape index (κ3) is 3.07. The Balaban J connectivity index is 2.30. The van der Waals surface area contributed by atoms with Gasteiger partial charge in [0.05, 0.1) is 0 Å². The predicted molar refractivity (Wildman–Crippen MR) is 78.1 cm³/mol. The number of halogens is 1. The van der Waals surface area contributed by atoms with Crippen LogP contribution in [0.3, 0.4) is 0 Å². The van der Waals surface area contributed by atoms with Crippen molar-refractivity contribution in [1.82, 2.24) is 9.88 Å². The van der Waals surface area contributed by atoms with Crippen molar-refractivity contribution in [2.45, 2.75) is 26.8 Å². The number of benzene rings is 1. The maximum atomic E-state index is 13.0. The van der Waals surface area contributed by atoms with E-state index in [1.165, 1.54) is 12.1 Å². The largest absolute Gasteiger partial charge is 0.351 e. The summed E-state index contributed by atoms with van der Waals surface area (Å²) in [7, 11) is 0. The summed E-state index contributed by atoms with van der Waals surface area (Å²) in [5, 5.41) is 2.88. The number of amides is 1. The molecule has 1 aromatic heterocycles. The third-order valence-electron chi connectivity index (χ3n) is 3.18. The molecule has 1 heterocycles. The van der Waals surface area contributed by atoms with E-state index in [1.54, 1.807) is 12.1 Å². The lowest BCUT2D eigenvalue weighted by Crippen LogP contribution is -2.26. The summed E-state index contributed by atoms with van der Waals surface area (Å²) in [5.41, 5.74) is 2.47. The number of carbonyl (C=O) groups excluding carboxylic acids is 1. The quantitative estimate of drug-likeness (QED) is 0.890. The Labute approximate surface area is 118 Å². The Hall–Kier alpha value is -2.10. The van der Waals surface area contributed by atoms with E-state index in [4.69, 9.17) is 0 Å². The summed E-state index contributed by atoms with van der Waals surface area (Å²) in [6.07, 6.45) is 2.83. The summed E-state index contributed by atoms with van der Waals surface area (Å²) in [6, 6.07) is 8.14. The van der Waals surface area contributed by atoms with E-state index in [0.29, 0.717) is 12.2 Å². The maximum Gasteiger partial charge on any atom is 0.267 e. The second kappa shape index (κ2) is 6.37. The molecular formula is C16H19FN2O. The minimum absolute atomic E-state index is 0.0675. The van der Waals surface area contributed by atoms with Crippen molar-refractivity contribution in [3.63, 3.8) is 0 Å². The molecule has 3 nitrogen and oxygen atoms in total. The highest BCUT2D eigenvalue weighted by Crippen LogP contribution is 2.22. The average molecular weight is 274 g/mol. The van der Waals surface area contributed by atoms with E-state index in [2.05, 4.69) is 5.32 Å². The van der Waals surface area contributed by atoms with Gasteiger partial charge in [-0.25, -0.2) is 4.39 Å². The summed E-state index contributed by atoms with van der Waals surface area (Å²) in [6.45, 7) is 5.39. The molecule has 0 atom stereocenters. The van der Waals surface area contributed by atoms with Crippen molar-refractivity contribution in [3.05, 3.63) is 48.0 Å². The zero-order chi connectivity index (χ0) is 14.5. The van der Waals surface area contributed by atoms with Crippen LogP contribution in [0.15, 0.2) is 36.5 Å². The standard InChI is InChI=1S/C16H19FN2O/c1-3-9-18-16(20)15-10-13(11-19(15)4-2)12-5-7-14(17)8-6-12/h5-8,10-11H,3-4,9H2,1-2H3,(H,18,20). The van der Waals surface area contributed by atoms with Crippen molar-refractivity contribution in [2.75, 3.05) is 6.54 Å². The number of nitrogens with zero attached hydrogens (tertiary/aromatic N) is 1. The molecule has 0 fully saturated rings. The molecule has 0 radical (unpaired) electrons. The number of carbonyl (C=O) groups is 1. The number of aromatic nitrogens is 1. The summed E-state index contributed by atoms with van der Waals surface area (Å²) >= 11 is 0. The van der Waals surface area contributed by atoms with Crippen LogP contribution in [-0.4, -0.2) is 17.0 Å². The van der Waals surface area contributed by atoms with Gasteiger partial charge in [-0.1, -0.05) is 19.1 Å². The topological polar surface area (TPSA) is 34.0 Å². The molecule has 2 rings (SSSR count). The Morgan fingerprint density at radius 1 is 1.20 bits per heavy atom. The summed E-state index contributed by atoms with van der Waals surface area (Å²) in [4.78, 5) is 12.1. The van der Waals surface area contributed by atoms with Gasteiger partial charge in [-0.05, 0) is 37.1 Å². The van der Waals surface area contributed by atoms with Crippen LogP contribution < -0.4 is 5.32 Å². The van der Waals surface area contributed by atoms with E-state index in [1.807, 2.05) is 30.7 Å². The zero-order valence-corrected chi connectivity index (χ0v) is 11.8. The van der Waals surface area contributed by atoms with Crippen LogP contribution in [-0.2, 0) is 6.54 Å². The van der Waals surface area contributed by atoms with Crippen LogP contribution in [0, 0.1) is 5.82 Å². The number of hydrogen-bond donors (Lipinski definition) is 1. The minimum atomic E-state index is -0.260. The second-order valence-electron chi connectivity index (χ2n) is 4.66. The fraction of sp³-hybridized carbons (Fsp3) is 0.312. The number of hydrogen-bond acceptors (Lipinski definition) is 1. The first-order valence-corrected chi connectivity index (χ1v) is 6.90. The van der Waals surface area contributed by atoms with Crippen LogP contribution in [0.4, 0.5) is 4.39 Å². The monoisotopic (exact) mass is 274 g/mol. The second-order valence-corrected chi connectivity index (χ2v) is 4.66. The molecule has 1 amide bonds. The molecule has 0 saturated carbocycles. The highest BCUT2D eigenvalue weighted by Gasteiger charge is 2.13. The summed E-state index contributed by atoms with van der Waals surface area (Å²) in [5.74, 6) is -0.327. The SMILES string of the molecule is CCCNC(=O)c1cc(-c2ccc(F)cc2)cn1CC. The number of aryl methyl sites for hydroxylation is 1. The van der Waals surface area contributed by atoms with Gasteiger partial charge in [0.15, 0.2) is 0 Å². The Kier molecular flexibility index (Phi) is 4.56. The lowest BCUT2D eigenvalue weighted by atomic mass is 10.1. The van der Waals surface area contributed by atoms with Gasteiger partial charge in [-0.15, -0.1) is 0 Å². The predicted octanol–water partition coefficient (Wildman–Crippen LogP) is 3.45. The molecule has 0 aliphatic heterocycles. The van der Waals surface area contributed by atoms with Gasteiger partial charge in [0.1, 0.15) is 11.5 Å². The molecule has 1 N–H and O–H groups in total. The Morgan fingerprint density at radius 2 is 1.90 bits per heavy atom. The van der Waals surface area contributed by atoms with Gasteiger partial charge in [0.25, 0.3) is 5.91 Å². The van der Waals surface area contributed by atoms with Crippen LogP contribution in [0.2, 0.25) is 0 Å². The maximum absolute atomic E-state index is 13.0. The molecule has 0 aliphatic rings. The molecule has 4 heteroatoms. The van der Waals surface area contributed by atoms with Gasteiger partial charge in [-0.3, -0.25) is 4.79 Å². The van der Waals surface area contributed by atoms with Crippen molar-refractivity contribution in [3.8, 4) is 11.1 Å². The number of rotatable bonds is 5. The first-order valence-electron chi connectivity index (χ1n) is 6.90. The van der Waals surface area contributed by atoms with Gasteiger partial charge in [0, 0.05) is 24.8 Å². The molecule has 1 aromatic carbocycles. The zero-order valence-electron chi connectivity index (χ0n) is 11.8. The van der Waals surface area contributed by atoms with E-state index < -0.39 is 0 Å². The summed E-state index contributed by atoms with van der Waals surface area (Å²) < 4.78 is 14.9. The fourth-order valence-corrected chi connectivity index (χ4v) is 2.09. The van der Waals surface area contributed by atoms with Crippen LogP contribution >= 0.6 is 0 Å². The fourth-order valence-electron chi connectivity index (χ4n) is 2.09. The van der Waals surface area contributed by atoms with Crippen molar-refractivity contribution in [1.29, 1.82) is 0 Å². The van der Waals surface area contributed by atoms with Gasteiger partial charge < -0.3 is 9.88 Å². The molecule has 0 aliphatic carbocycles. The first kappa shape index (κ1) is 14.3. The van der Waals surface area contributed by atoms with Crippen LogP contribution in [0.25, 0.3) is 11.1 Å². The highest BCUT2D eigenvalue weighted by atomic mass is 19.1. The van der Waals surface area contributed by atoms with Crippen LogP contribution in [0.5, 0.6) is 0 Å². The Bertz CT molecular complexity index is 587. The third-order valence-corrected chi connectivity index (χ3v) is 3.18. The van der Waals surface area contributed by atoms with Crippen LogP contribution in [0.1, 0.15) is 30.8 Å². The van der Waals surface area contributed by atoms with Gasteiger partial charge in [-0.2, -0.15) is 0 Å². The molecular weight excluding hydrogens is 255 g/mol. The smallest absolute Gasteiger partial charge is 0.267 e. The van der Waals surface area contributed by atoms with E-state index in [-0.39, 0.29) is 11.7 Å². The van der Waals surface area contributed by atoms with Crippen molar-refractivity contribution >= 4 is 5.91 Å². The molecule has 0 saturated heterocycles. The Morgan fingerprint density at radius 3 is 2.50 bits per heavy atom. The molecule has 0 bridgehead atoms. The van der Waals surface area contributed by atoms with E-state index >= 15 is 0 Å². The van der Waals surface area contributed by atoms with Crippen molar-refractivity contribution in [2.24, 2.45) is 0 Å². The van der Waals surface area contributed by atoms with Gasteiger partial charge >= 0.3 is 0 Å². The van der Waals surface area contributed by atoms with E-state index in [9.17, 15) is 9.18 Å². The first-order chi connectivity index (χ1) is 9.65. The lowest BCUT2D eigenvalue weighted by Gasteiger charge is -2.06. The molecule has 20 heavy (non-hydrogen) atoms. The molecule has 0 spiro atoms. The molecule has 2 aromatic rings. The van der Waals surface area contributed by atoms with Crippen molar-refractivity contribution < 1.29 is 9.18 Å². The molecule has 0 unspecified atom stereocenters. The minimum Gasteiger partial charge on any atom is -0.351 e. The molecule has 106 valence electrons. The average Bonchev–Trinajstić information content (AvgIpc) is 2.89. The van der Waals surface area contributed by atoms with E-state index in [0.717, 1.165) is 24.1 Å².